The Morgan fingerprint density at radius 2 is 1.00 bits per heavy atom. The Labute approximate surface area is 119 Å². The van der Waals surface area contributed by atoms with E-state index in [-0.39, 0.29) is 0 Å². The van der Waals surface area contributed by atoms with Crippen molar-refractivity contribution in [2.24, 2.45) is 0 Å². The van der Waals surface area contributed by atoms with Crippen molar-refractivity contribution >= 4 is 18.9 Å². The van der Waals surface area contributed by atoms with Gasteiger partial charge in [-0.1, -0.05) is 0 Å². The first-order chi connectivity index (χ1) is 8.17. The third-order valence-corrected chi connectivity index (χ3v) is 11.0. The Morgan fingerprint density at radius 3 is 1.22 bits per heavy atom. The fraction of sp³-hybridized carbons (Fsp3) is 1.00. The number of nitrogens with zero attached hydrogens (tertiary/aromatic N) is 2. The lowest BCUT2D eigenvalue weighted by Gasteiger charge is -2.30. The van der Waals surface area contributed by atoms with E-state index in [4.69, 9.17) is 0 Å². The maximum absolute atomic E-state index is 2.31. The molecule has 0 aromatic rings. The second-order valence-electron chi connectivity index (χ2n) is 7.43. The van der Waals surface area contributed by atoms with Crippen LogP contribution in [0.5, 0.6) is 0 Å². The normalized spacial score (nSPS) is 25.0. The summed E-state index contributed by atoms with van der Waals surface area (Å²) in [7, 11) is 15.5. The lowest BCUT2D eigenvalue weighted by Crippen LogP contribution is -2.38. The minimum Gasteiger partial charge on any atom is -0.331 e. The molecule has 1 heterocycles. The monoisotopic (exact) mass is 294 g/mol. The van der Waals surface area contributed by atoms with Gasteiger partial charge in [0.2, 0.25) is 0 Å². The third-order valence-electron chi connectivity index (χ3n) is 3.27. The summed E-state index contributed by atoms with van der Waals surface area (Å²) in [5.41, 5.74) is 0. The van der Waals surface area contributed by atoms with Crippen LogP contribution < -0.4 is 0 Å². The number of hydrogen-bond donors (Lipinski definition) is 0. The van der Waals surface area contributed by atoms with Gasteiger partial charge in [0.05, 0.1) is 55.4 Å². The van der Waals surface area contributed by atoms with Gasteiger partial charge >= 0.3 is 0 Å². The van der Waals surface area contributed by atoms with Crippen molar-refractivity contribution in [2.45, 2.75) is 12.8 Å². The highest BCUT2D eigenvalue weighted by molar-refractivity contribution is 8.47. The van der Waals surface area contributed by atoms with Crippen molar-refractivity contribution in [2.75, 3.05) is 78.4 Å². The molecule has 0 amide bonds. The van der Waals surface area contributed by atoms with Gasteiger partial charge in [0, 0.05) is 24.3 Å². The van der Waals surface area contributed by atoms with E-state index in [0.29, 0.717) is 0 Å². The average Bonchev–Trinajstić information content (AvgIpc) is 2.14. The molecule has 1 aliphatic heterocycles. The molecule has 4 heteroatoms. The highest BCUT2D eigenvalue weighted by atomic mass is 32.9. The van der Waals surface area contributed by atoms with E-state index in [0.717, 1.165) is 27.9 Å². The van der Waals surface area contributed by atoms with Gasteiger partial charge in [0.1, 0.15) is 0 Å². The van der Waals surface area contributed by atoms with Crippen LogP contribution in [0.2, 0.25) is 0 Å². The highest BCUT2D eigenvalue weighted by Crippen LogP contribution is 2.12. The zero-order chi connectivity index (χ0) is 13.8. The van der Waals surface area contributed by atoms with Gasteiger partial charge in [-0.25, -0.2) is 0 Å². The van der Waals surface area contributed by atoms with E-state index in [9.17, 15) is 0 Å². The summed E-state index contributed by atoms with van der Waals surface area (Å²) in [5.74, 6) is 6.13. The van der Waals surface area contributed by atoms with Crippen LogP contribution in [0.4, 0.5) is 0 Å². The quantitative estimate of drug-likeness (QED) is 0.593. The molecule has 1 aliphatic rings. The molecule has 0 saturated carbocycles. The summed E-state index contributed by atoms with van der Waals surface area (Å²) in [6.07, 6.45) is 2.87. The molecule has 0 fully saturated rings. The van der Waals surface area contributed by atoms with Crippen molar-refractivity contribution < 1.29 is 8.97 Å². The van der Waals surface area contributed by atoms with Crippen LogP contribution in [-0.4, -0.2) is 87.4 Å². The van der Waals surface area contributed by atoms with Crippen molar-refractivity contribution in [1.82, 2.24) is 0 Å². The second-order valence-corrected chi connectivity index (χ2v) is 13.7. The lowest BCUT2D eigenvalue weighted by atomic mass is 10.4. The van der Waals surface area contributed by atoms with Crippen molar-refractivity contribution in [3.8, 4) is 0 Å². The van der Waals surface area contributed by atoms with Crippen LogP contribution in [0.1, 0.15) is 12.8 Å². The standard InChI is InChI=1S/C14H34N2S2/c1-15(2,3)9-7-11-17-13-14-18(17)12-8-10-16(4,5)6/h7-14H2,1-6H3/q+2. The summed E-state index contributed by atoms with van der Waals surface area (Å²) < 4.78 is 2.26. The molecule has 0 bridgehead atoms. The number of quaternary nitrogens is 2. The van der Waals surface area contributed by atoms with Gasteiger partial charge in [-0.05, 0) is 11.5 Å². The Morgan fingerprint density at radius 1 is 0.667 bits per heavy atom. The van der Waals surface area contributed by atoms with Crippen LogP contribution in [-0.2, 0) is 18.9 Å². The molecule has 0 spiro atoms. The number of hydrogen-bond acceptors (Lipinski definition) is 0. The third kappa shape index (κ3) is 7.27. The van der Waals surface area contributed by atoms with E-state index < -0.39 is 0 Å². The molecule has 0 aromatic carbocycles. The fourth-order valence-corrected chi connectivity index (χ4v) is 8.61. The predicted octanol–water partition coefficient (Wildman–Crippen LogP) is 1.34. The first-order valence-electron chi connectivity index (χ1n) is 7.14. The smallest absolute Gasteiger partial charge is 0.0788 e. The molecule has 1 rings (SSSR count). The SMILES string of the molecule is C[N+](C)(C)CCCS1=S(CCC[N+](C)(C)C)CC1. The van der Waals surface area contributed by atoms with Gasteiger partial charge in [0.25, 0.3) is 0 Å². The lowest BCUT2D eigenvalue weighted by molar-refractivity contribution is -0.870. The highest BCUT2D eigenvalue weighted by Gasteiger charge is 2.16. The Hall–Kier alpha value is 0.620. The summed E-state index contributed by atoms with van der Waals surface area (Å²) in [6.45, 7) is 2.69. The molecule has 0 N–H and O–H groups in total. The maximum atomic E-state index is 2.31. The van der Waals surface area contributed by atoms with Crippen LogP contribution in [0.25, 0.3) is 0 Å². The molecule has 110 valence electrons. The van der Waals surface area contributed by atoms with Gasteiger partial charge < -0.3 is 8.97 Å². The van der Waals surface area contributed by atoms with E-state index >= 15 is 0 Å². The van der Waals surface area contributed by atoms with Crippen LogP contribution in [0.3, 0.4) is 0 Å². The van der Waals surface area contributed by atoms with Gasteiger partial charge in [-0.15, -0.1) is 0 Å². The molecule has 2 unspecified atom stereocenters. The Balaban J connectivity index is 2.23. The summed E-state index contributed by atoms with van der Waals surface area (Å²) in [4.78, 5) is 0. The topological polar surface area (TPSA) is 0 Å². The minimum atomic E-state index is 0.814. The molecule has 2 nitrogen and oxygen atoms in total. The summed E-state index contributed by atoms with van der Waals surface area (Å²) in [6, 6.07) is 0. The van der Waals surface area contributed by atoms with E-state index in [2.05, 4.69) is 42.3 Å². The zero-order valence-corrected chi connectivity index (χ0v) is 15.0. The van der Waals surface area contributed by atoms with Crippen molar-refractivity contribution in [3.63, 3.8) is 0 Å². The average molecular weight is 295 g/mol. The Bertz CT molecular complexity index is 268. The molecule has 18 heavy (non-hydrogen) atoms. The molecule has 0 radical (unpaired) electrons. The molecule has 0 saturated heterocycles. The van der Waals surface area contributed by atoms with Gasteiger partial charge in [-0.3, -0.25) is 0 Å². The molecule has 0 aromatic heterocycles. The van der Waals surface area contributed by atoms with E-state index in [1.54, 1.807) is 11.5 Å². The fourth-order valence-electron chi connectivity index (χ4n) is 2.16. The molecule has 0 aliphatic carbocycles. The van der Waals surface area contributed by atoms with Crippen LogP contribution in [0, 0.1) is 0 Å². The van der Waals surface area contributed by atoms with Crippen molar-refractivity contribution in [3.05, 3.63) is 0 Å². The maximum Gasteiger partial charge on any atom is 0.0788 e. The van der Waals surface area contributed by atoms with Crippen LogP contribution in [0.15, 0.2) is 0 Å². The first kappa shape index (κ1) is 16.7. The van der Waals surface area contributed by atoms with Gasteiger partial charge in [-0.2, -0.15) is 18.9 Å². The van der Waals surface area contributed by atoms with E-state index in [1.165, 1.54) is 37.4 Å². The Kier molecular flexibility index (Phi) is 6.36. The number of rotatable bonds is 8. The summed E-state index contributed by atoms with van der Waals surface area (Å²) >= 11 is 0. The predicted molar refractivity (Wildman–Crippen MR) is 89.2 cm³/mol. The largest absolute Gasteiger partial charge is 0.331 e. The first-order valence-corrected chi connectivity index (χ1v) is 10.8. The van der Waals surface area contributed by atoms with Crippen molar-refractivity contribution in [1.29, 1.82) is 0 Å². The molecular weight excluding hydrogens is 260 g/mol. The minimum absolute atomic E-state index is 0.814. The summed E-state index contributed by atoms with van der Waals surface area (Å²) in [5, 5.41) is 0. The van der Waals surface area contributed by atoms with Crippen LogP contribution >= 0.6 is 0 Å². The molecular formula is C14H34N2S2+2. The van der Waals surface area contributed by atoms with Gasteiger partial charge in [0.15, 0.2) is 0 Å². The van der Waals surface area contributed by atoms with E-state index in [1.807, 2.05) is 0 Å². The molecule has 2 atom stereocenters. The zero-order valence-electron chi connectivity index (χ0n) is 13.4. The second kappa shape index (κ2) is 6.87.